The zero-order valence-electron chi connectivity index (χ0n) is 11.9. The molecule has 22 heavy (non-hydrogen) atoms. The number of nitrogens with one attached hydrogen (secondary N) is 1. The van der Waals surface area contributed by atoms with Gasteiger partial charge in [0.25, 0.3) is 5.91 Å². The summed E-state index contributed by atoms with van der Waals surface area (Å²) in [6.45, 7) is 1.69. The third kappa shape index (κ3) is 4.79. The topological polar surface area (TPSA) is 70.9 Å². The van der Waals surface area contributed by atoms with Crippen molar-refractivity contribution in [1.29, 1.82) is 0 Å². The summed E-state index contributed by atoms with van der Waals surface area (Å²) in [6, 6.07) is 11.7. The number of aryl methyl sites for hydroxylation is 1. The number of phenolic OH excluding ortho intramolecular Hbond substituents is 1. The minimum absolute atomic E-state index is 0.136. The molecule has 0 aliphatic heterocycles. The van der Waals surface area contributed by atoms with Crippen molar-refractivity contribution in [3.8, 4) is 11.5 Å². The minimum atomic E-state index is -0.384. The van der Waals surface area contributed by atoms with Gasteiger partial charge in [-0.15, -0.1) is 0 Å². The molecule has 0 spiro atoms. The maximum absolute atomic E-state index is 11.6. The van der Waals surface area contributed by atoms with E-state index in [0.29, 0.717) is 16.3 Å². The molecule has 0 saturated carbocycles. The summed E-state index contributed by atoms with van der Waals surface area (Å²) in [7, 11) is 0. The van der Waals surface area contributed by atoms with E-state index in [1.807, 2.05) is 6.92 Å². The van der Waals surface area contributed by atoms with Crippen LogP contribution in [0.25, 0.3) is 0 Å². The monoisotopic (exact) mass is 318 g/mol. The van der Waals surface area contributed by atoms with E-state index in [4.69, 9.17) is 16.3 Å². The van der Waals surface area contributed by atoms with E-state index in [2.05, 4.69) is 10.5 Å². The van der Waals surface area contributed by atoms with E-state index in [1.165, 1.54) is 12.3 Å². The van der Waals surface area contributed by atoms with E-state index < -0.39 is 0 Å². The van der Waals surface area contributed by atoms with Gasteiger partial charge in [-0.1, -0.05) is 23.7 Å². The minimum Gasteiger partial charge on any atom is -0.508 e. The van der Waals surface area contributed by atoms with Crippen LogP contribution in [0, 0.1) is 6.92 Å². The Balaban J connectivity index is 1.83. The molecule has 0 unspecified atom stereocenters. The lowest BCUT2D eigenvalue weighted by Crippen LogP contribution is -2.24. The maximum Gasteiger partial charge on any atom is 0.277 e. The van der Waals surface area contributed by atoms with Crippen LogP contribution in [0.15, 0.2) is 47.6 Å². The van der Waals surface area contributed by atoms with Crippen molar-refractivity contribution in [2.45, 2.75) is 6.92 Å². The molecule has 0 saturated heterocycles. The highest BCUT2D eigenvalue weighted by Crippen LogP contribution is 2.21. The standard InChI is InChI=1S/C16H15ClN2O3/c1-11-7-13(17)5-6-15(11)22-10-16(21)19-18-9-12-3-2-4-14(20)8-12/h2-9,20H,10H2,1H3,(H,19,21)/b18-9+. The summed E-state index contributed by atoms with van der Waals surface area (Å²) in [5.74, 6) is 0.346. The zero-order valence-corrected chi connectivity index (χ0v) is 12.7. The Kier molecular flexibility index (Phi) is 5.38. The van der Waals surface area contributed by atoms with Crippen molar-refractivity contribution in [3.63, 3.8) is 0 Å². The number of hydrazone groups is 1. The molecule has 2 rings (SSSR count). The summed E-state index contributed by atoms with van der Waals surface area (Å²) in [5, 5.41) is 13.7. The highest BCUT2D eigenvalue weighted by molar-refractivity contribution is 6.30. The summed E-state index contributed by atoms with van der Waals surface area (Å²) < 4.78 is 5.39. The number of aromatic hydroxyl groups is 1. The van der Waals surface area contributed by atoms with Gasteiger partial charge in [0, 0.05) is 5.02 Å². The number of benzene rings is 2. The van der Waals surface area contributed by atoms with Gasteiger partial charge in [-0.05, 0) is 48.4 Å². The molecule has 0 fully saturated rings. The molecule has 2 aromatic rings. The lowest BCUT2D eigenvalue weighted by atomic mass is 10.2. The van der Waals surface area contributed by atoms with Crippen molar-refractivity contribution in [2.75, 3.05) is 6.61 Å². The van der Waals surface area contributed by atoms with Crippen LogP contribution in [-0.4, -0.2) is 23.8 Å². The number of nitrogens with zero attached hydrogens (tertiary/aromatic N) is 1. The average molecular weight is 319 g/mol. The first kappa shape index (κ1) is 15.9. The number of amides is 1. The molecule has 0 aliphatic carbocycles. The van der Waals surface area contributed by atoms with Gasteiger partial charge in [0.05, 0.1) is 6.21 Å². The number of rotatable bonds is 5. The number of carbonyl (C=O) groups is 1. The van der Waals surface area contributed by atoms with E-state index in [9.17, 15) is 9.90 Å². The number of hydrogen-bond donors (Lipinski definition) is 2. The molecule has 1 amide bonds. The van der Waals surface area contributed by atoms with Crippen LogP contribution >= 0.6 is 11.6 Å². The highest BCUT2D eigenvalue weighted by Gasteiger charge is 2.04. The Bertz CT molecular complexity index is 702. The zero-order chi connectivity index (χ0) is 15.9. The third-order valence-electron chi connectivity index (χ3n) is 2.77. The first-order chi connectivity index (χ1) is 10.5. The van der Waals surface area contributed by atoms with E-state index >= 15 is 0 Å². The normalized spacial score (nSPS) is 10.6. The van der Waals surface area contributed by atoms with Gasteiger partial charge in [-0.2, -0.15) is 5.10 Å². The molecule has 0 aromatic heterocycles. The molecule has 5 nitrogen and oxygen atoms in total. The van der Waals surface area contributed by atoms with Gasteiger partial charge in [0.15, 0.2) is 6.61 Å². The lowest BCUT2D eigenvalue weighted by Gasteiger charge is -2.08. The molecule has 114 valence electrons. The molecule has 0 bridgehead atoms. The highest BCUT2D eigenvalue weighted by atomic mass is 35.5. The quantitative estimate of drug-likeness (QED) is 0.658. The van der Waals surface area contributed by atoms with Gasteiger partial charge in [0.1, 0.15) is 11.5 Å². The number of carbonyl (C=O) groups excluding carboxylic acids is 1. The summed E-state index contributed by atoms with van der Waals surface area (Å²) in [5.41, 5.74) is 3.88. The van der Waals surface area contributed by atoms with Crippen molar-refractivity contribution < 1.29 is 14.6 Å². The van der Waals surface area contributed by atoms with Crippen molar-refractivity contribution >= 4 is 23.7 Å². The van der Waals surface area contributed by atoms with Crippen LogP contribution in [0.5, 0.6) is 11.5 Å². The molecule has 6 heteroatoms. The van der Waals surface area contributed by atoms with Crippen LogP contribution in [-0.2, 0) is 4.79 Å². The van der Waals surface area contributed by atoms with Crippen molar-refractivity contribution in [2.24, 2.45) is 5.10 Å². The lowest BCUT2D eigenvalue weighted by molar-refractivity contribution is -0.123. The third-order valence-corrected chi connectivity index (χ3v) is 3.00. The first-order valence-electron chi connectivity index (χ1n) is 6.54. The largest absolute Gasteiger partial charge is 0.508 e. The smallest absolute Gasteiger partial charge is 0.277 e. The molecule has 2 aromatic carbocycles. The van der Waals surface area contributed by atoms with Gasteiger partial charge in [-0.3, -0.25) is 4.79 Å². The molecule has 0 radical (unpaired) electrons. The Morgan fingerprint density at radius 3 is 2.91 bits per heavy atom. The van der Waals surface area contributed by atoms with Crippen LogP contribution in [0.4, 0.5) is 0 Å². The first-order valence-corrected chi connectivity index (χ1v) is 6.92. The van der Waals surface area contributed by atoms with E-state index in [1.54, 1.807) is 36.4 Å². The van der Waals surface area contributed by atoms with Crippen molar-refractivity contribution in [1.82, 2.24) is 5.43 Å². The fourth-order valence-electron chi connectivity index (χ4n) is 1.73. The van der Waals surface area contributed by atoms with Crippen LogP contribution in [0.2, 0.25) is 5.02 Å². The predicted octanol–water partition coefficient (Wildman–Crippen LogP) is 2.88. The maximum atomic E-state index is 11.6. The molecular formula is C16H15ClN2O3. The second kappa shape index (κ2) is 7.47. The Morgan fingerprint density at radius 1 is 1.36 bits per heavy atom. The van der Waals surface area contributed by atoms with Crippen LogP contribution in [0.3, 0.4) is 0 Å². The predicted molar refractivity (Wildman–Crippen MR) is 85.5 cm³/mol. The second-order valence-corrected chi connectivity index (χ2v) is 5.02. The molecule has 0 aliphatic rings. The fraction of sp³-hybridized carbons (Fsp3) is 0.125. The van der Waals surface area contributed by atoms with Gasteiger partial charge < -0.3 is 9.84 Å². The molecule has 2 N–H and O–H groups in total. The summed E-state index contributed by atoms with van der Waals surface area (Å²) >= 11 is 5.85. The summed E-state index contributed by atoms with van der Waals surface area (Å²) in [4.78, 5) is 11.6. The molecule has 0 heterocycles. The van der Waals surface area contributed by atoms with E-state index in [-0.39, 0.29) is 18.3 Å². The Labute approximate surface area is 133 Å². The Hall–Kier alpha value is -2.53. The van der Waals surface area contributed by atoms with Gasteiger partial charge >= 0.3 is 0 Å². The second-order valence-electron chi connectivity index (χ2n) is 4.59. The Morgan fingerprint density at radius 2 is 2.18 bits per heavy atom. The van der Waals surface area contributed by atoms with Gasteiger partial charge in [-0.25, -0.2) is 5.43 Å². The average Bonchev–Trinajstić information content (AvgIpc) is 2.46. The molecular weight excluding hydrogens is 304 g/mol. The van der Waals surface area contributed by atoms with Gasteiger partial charge in [0.2, 0.25) is 0 Å². The summed E-state index contributed by atoms with van der Waals surface area (Å²) in [6.07, 6.45) is 1.44. The number of halogens is 1. The fourth-order valence-corrected chi connectivity index (χ4v) is 1.96. The number of phenols is 1. The van der Waals surface area contributed by atoms with Crippen molar-refractivity contribution in [3.05, 3.63) is 58.6 Å². The van der Waals surface area contributed by atoms with Crippen LogP contribution < -0.4 is 10.2 Å². The molecule has 0 atom stereocenters. The van der Waals surface area contributed by atoms with Crippen LogP contribution in [0.1, 0.15) is 11.1 Å². The number of ether oxygens (including phenoxy) is 1. The van der Waals surface area contributed by atoms with E-state index in [0.717, 1.165) is 5.56 Å². The SMILES string of the molecule is Cc1cc(Cl)ccc1OCC(=O)N/N=C/c1cccc(O)c1. The number of hydrogen-bond acceptors (Lipinski definition) is 4.